The van der Waals surface area contributed by atoms with E-state index in [-0.39, 0.29) is 11.9 Å². The van der Waals surface area contributed by atoms with Gasteiger partial charge in [0.05, 0.1) is 12.5 Å². The van der Waals surface area contributed by atoms with Gasteiger partial charge in [0.15, 0.2) is 5.13 Å². The normalized spacial score (nSPS) is 12.2. The minimum Gasteiger partial charge on any atom is -0.346 e. The molecule has 0 aliphatic rings. The van der Waals surface area contributed by atoms with E-state index in [2.05, 4.69) is 26.3 Å². The molecule has 1 N–H and O–H groups in total. The molecule has 1 atom stereocenters. The van der Waals surface area contributed by atoms with Crippen LogP contribution in [0.4, 0.5) is 5.13 Å². The largest absolute Gasteiger partial charge is 0.346 e. The van der Waals surface area contributed by atoms with Gasteiger partial charge in [0.2, 0.25) is 5.91 Å². The van der Waals surface area contributed by atoms with Crippen molar-refractivity contribution in [1.29, 1.82) is 0 Å². The summed E-state index contributed by atoms with van der Waals surface area (Å²) in [4.78, 5) is 17.5. The summed E-state index contributed by atoms with van der Waals surface area (Å²) < 4.78 is 2.06. The van der Waals surface area contributed by atoms with Crippen molar-refractivity contribution >= 4 is 33.7 Å². The third kappa shape index (κ3) is 3.40. The number of thiazole rings is 1. The number of aromatic nitrogens is 2. The number of thiophene rings is 1. The molecule has 21 heavy (non-hydrogen) atoms. The van der Waals surface area contributed by atoms with Crippen LogP contribution in [0.2, 0.25) is 0 Å². The lowest BCUT2D eigenvalue weighted by molar-refractivity contribution is -0.116. The monoisotopic (exact) mass is 317 g/mol. The number of nitrogens with zero attached hydrogens (tertiary/aromatic N) is 2. The van der Waals surface area contributed by atoms with Crippen LogP contribution in [0.25, 0.3) is 0 Å². The molecular formula is C15H15N3OS2. The Hall–Kier alpha value is -1.92. The summed E-state index contributed by atoms with van der Waals surface area (Å²) >= 11 is 3.13. The molecule has 0 aliphatic heterocycles. The molecule has 0 spiro atoms. The van der Waals surface area contributed by atoms with Crippen molar-refractivity contribution in [3.8, 4) is 0 Å². The number of carbonyl (C=O) groups is 1. The van der Waals surface area contributed by atoms with Gasteiger partial charge in [-0.25, -0.2) is 4.98 Å². The standard InChI is InChI=1S/C15H15N3OS2/c1-11-9-16-15(21-11)17-14(19)8-13(12-4-7-20-10-12)18-5-2-3-6-18/h2-7,9-10,13H,8H2,1H3,(H,16,17,19)/t13-/m0/s1. The average molecular weight is 317 g/mol. The van der Waals surface area contributed by atoms with Crippen LogP contribution in [0.1, 0.15) is 22.9 Å². The molecule has 3 aromatic rings. The molecule has 0 saturated heterocycles. The zero-order valence-electron chi connectivity index (χ0n) is 11.5. The van der Waals surface area contributed by atoms with E-state index < -0.39 is 0 Å². The van der Waals surface area contributed by atoms with Gasteiger partial charge in [0.1, 0.15) is 0 Å². The summed E-state index contributed by atoms with van der Waals surface area (Å²) in [5.41, 5.74) is 1.15. The highest BCUT2D eigenvalue weighted by molar-refractivity contribution is 7.15. The zero-order valence-corrected chi connectivity index (χ0v) is 13.2. The molecule has 0 saturated carbocycles. The van der Waals surface area contributed by atoms with E-state index in [9.17, 15) is 4.79 Å². The second-order valence-corrected chi connectivity index (χ2v) is 6.75. The van der Waals surface area contributed by atoms with Crippen molar-refractivity contribution in [2.24, 2.45) is 0 Å². The Kier molecular flexibility index (Phi) is 4.17. The third-order valence-corrected chi connectivity index (χ3v) is 4.69. The summed E-state index contributed by atoms with van der Waals surface area (Å²) in [7, 11) is 0. The van der Waals surface area contributed by atoms with E-state index >= 15 is 0 Å². The van der Waals surface area contributed by atoms with E-state index in [1.807, 2.05) is 36.8 Å². The van der Waals surface area contributed by atoms with Crippen molar-refractivity contribution in [3.05, 3.63) is 58.0 Å². The molecule has 3 rings (SSSR count). The maximum absolute atomic E-state index is 12.3. The number of aryl methyl sites for hydroxylation is 1. The molecule has 3 heterocycles. The van der Waals surface area contributed by atoms with Crippen LogP contribution >= 0.6 is 22.7 Å². The lowest BCUT2D eigenvalue weighted by atomic mass is 10.1. The fourth-order valence-corrected chi connectivity index (χ4v) is 3.56. The molecule has 0 radical (unpaired) electrons. The Bertz CT molecular complexity index is 667. The van der Waals surface area contributed by atoms with E-state index in [0.717, 1.165) is 10.4 Å². The van der Waals surface area contributed by atoms with Gasteiger partial charge in [-0.2, -0.15) is 11.3 Å². The van der Waals surface area contributed by atoms with Gasteiger partial charge >= 0.3 is 0 Å². The van der Waals surface area contributed by atoms with Gasteiger partial charge in [-0.1, -0.05) is 0 Å². The van der Waals surface area contributed by atoms with E-state index in [4.69, 9.17) is 0 Å². The maximum Gasteiger partial charge on any atom is 0.228 e. The summed E-state index contributed by atoms with van der Waals surface area (Å²) in [5.74, 6) is -0.0192. The van der Waals surface area contributed by atoms with Gasteiger partial charge in [0.25, 0.3) is 0 Å². The predicted molar refractivity (Wildman–Crippen MR) is 87.0 cm³/mol. The predicted octanol–water partition coefficient (Wildman–Crippen LogP) is 3.93. The second kappa shape index (κ2) is 6.24. The fraction of sp³-hybridized carbons (Fsp3) is 0.200. The summed E-state index contributed by atoms with van der Waals surface area (Å²) in [5, 5.41) is 7.66. The molecule has 0 bridgehead atoms. The third-order valence-electron chi connectivity index (χ3n) is 3.16. The smallest absolute Gasteiger partial charge is 0.228 e. The number of amides is 1. The molecule has 0 aromatic carbocycles. The zero-order chi connectivity index (χ0) is 14.7. The van der Waals surface area contributed by atoms with Crippen LogP contribution in [-0.4, -0.2) is 15.5 Å². The number of rotatable bonds is 5. The Morgan fingerprint density at radius 3 is 2.86 bits per heavy atom. The van der Waals surface area contributed by atoms with Crippen LogP contribution in [-0.2, 0) is 4.79 Å². The molecule has 4 nitrogen and oxygen atoms in total. The first-order valence-electron chi connectivity index (χ1n) is 6.59. The maximum atomic E-state index is 12.3. The molecular weight excluding hydrogens is 302 g/mol. The number of carbonyl (C=O) groups excluding carboxylic acids is 1. The Balaban J connectivity index is 1.74. The quantitative estimate of drug-likeness (QED) is 0.775. The van der Waals surface area contributed by atoms with Crippen LogP contribution in [0.3, 0.4) is 0 Å². The molecule has 0 fully saturated rings. The van der Waals surface area contributed by atoms with Crippen molar-refractivity contribution in [2.45, 2.75) is 19.4 Å². The van der Waals surface area contributed by atoms with E-state index in [1.165, 1.54) is 11.3 Å². The van der Waals surface area contributed by atoms with Gasteiger partial charge < -0.3 is 9.88 Å². The topological polar surface area (TPSA) is 46.9 Å². The number of nitrogens with one attached hydrogen (secondary N) is 1. The Labute approximate surface area is 131 Å². The number of hydrogen-bond donors (Lipinski definition) is 1. The minimum absolute atomic E-state index is 0.0192. The van der Waals surface area contributed by atoms with Crippen molar-refractivity contribution in [3.63, 3.8) is 0 Å². The van der Waals surface area contributed by atoms with Crippen LogP contribution < -0.4 is 5.32 Å². The Morgan fingerprint density at radius 1 is 1.43 bits per heavy atom. The number of anilines is 1. The Morgan fingerprint density at radius 2 is 2.24 bits per heavy atom. The molecule has 1 amide bonds. The average Bonchev–Trinajstić information content (AvgIpc) is 3.19. The van der Waals surface area contributed by atoms with Gasteiger partial charge in [0, 0.05) is 23.5 Å². The first-order valence-corrected chi connectivity index (χ1v) is 8.35. The van der Waals surface area contributed by atoms with Crippen molar-refractivity contribution in [2.75, 3.05) is 5.32 Å². The van der Waals surface area contributed by atoms with Crippen LogP contribution in [0, 0.1) is 6.92 Å². The number of hydrogen-bond acceptors (Lipinski definition) is 4. The van der Waals surface area contributed by atoms with Crippen molar-refractivity contribution < 1.29 is 4.79 Å². The molecule has 6 heteroatoms. The highest BCUT2D eigenvalue weighted by Gasteiger charge is 2.18. The highest BCUT2D eigenvalue weighted by Crippen LogP contribution is 2.25. The SMILES string of the molecule is Cc1cnc(NC(=O)C[C@@H](c2ccsc2)n2cccc2)s1. The fourth-order valence-electron chi connectivity index (χ4n) is 2.17. The molecule has 0 unspecified atom stereocenters. The van der Waals surface area contributed by atoms with Crippen molar-refractivity contribution in [1.82, 2.24) is 9.55 Å². The summed E-state index contributed by atoms with van der Waals surface area (Å²) in [6, 6.07) is 6.03. The van der Waals surface area contributed by atoms with Crippen LogP contribution in [0.15, 0.2) is 47.5 Å². The lowest BCUT2D eigenvalue weighted by Gasteiger charge is -2.17. The van der Waals surface area contributed by atoms with Gasteiger partial charge in [-0.15, -0.1) is 11.3 Å². The van der Waals surface area contributed by atoms with Gasteiger partial charge in [-0.05, 0) is 41.4 Å². The highest BCUT2D eigenvalue weighted by atomic mass is 32.1. The lowest BCUT2D eigenvalue weighted by Crippen LogP contribution is -2.19. The molecule has 3 aromatic heterocycles. The summed E-state index contributed by atoms with van der Waals surface area (Å²) in [6.45, 7) is 1.97. The first-order chi connectivity index (χ1) is 10.2. The second-order valence-electron chi connectivity index (χ2n) is 4.73. The van der Waals surface area contributed by atoms with Crippen LogP contribution in [0.5, 0.6) is 0 Å². The minimum atomic E-state index is -0.0192. The first kappa shape index (κ1) is 14.0. The van der Waals surface area contributed by atoms with E-state index in [1.54, 1.807) is 17.5 Å². The molecule has 108 valence electrons. The summed E-state index contributed by atoms with van der Waals surface area (Å²) in [6.07, 6.45) is 6.14. The van der Waals surface area contributed by atoms with E-state index in [0.29, 0.717) is 11.6 Å². The molecule has 0 aliphatic carbocycles. The van der Waals surface area contributed by atoms with Gasteiger partial charge in [-0.3, -0.25) is 4.79 Å².